The number of methoxy groups -OCH3 is 2. The molecule has 0 saturated heterocycles. The average molecular weight is 268 g/mol. The van der Waals surface area contributed by atoms with Crippen LogP contribution in [0.15, 0.2) is 18.2 Å². The van der Waals surface area contributed by atoms with E-state index in [1.54, 1.807) is 44.2 Å². The van der Waals surface area contributed by atoms with E-state index in [2.05, 4.69) is 13.8 Å². The van der Waals surface area contributed by atoms with E-state index in [1.165, 1.54) is 0 Å². The molecule has 18 heavy (non-hydrogen) atoms. The molecule has 100 valence electrons. The van der Waals surface area contributed by atoms with Crippen molar-refractivity contribution in [3.8, 4) is 11.5 Å². The standard InChI is InChI=1S/C14H20O3S/c1-5-10(2)18-9-12(15)11-6-7-13(16-3)14(8-11)17-4/h6-8,10H,5,9H2,1-4H3. The Morgan fingerprint density at radius 3 is 2.50 bits per heavy atom. The molecule has 1 aromatic carbocycles. The third-order valence-corrected chi connectivity index (χ3v) is 4.11. The number of Topliss-reactive ketones (excluding diaryl/α,β-unsaturated/α-hetero) is 1. The molecule has 0 spiro atoms. The zero-order valence-electron chi connectivity index (χ0n) is 11.4. The molecular weight excluding hydrogens is 248 g/mol. The second kappa shape index (κ2) is 7.31. The topological polar surface area (TPSA) is 35.5 Å². The number of rotatable bonds is 7. The van der Waals surface area contributed by atoms with Gasteiger partial charge in [0.05, 0.1) is 20.0 Å². The van der Waals surface area contributed by atoms with Crippen LogP contribution < -0.4 is 9.47 Å². The number of carbonyl (C=O) groups excluding carboxylic acids is 1. The van der Waals surface area contributed by atoms with E-state index in [9.17, 15) is 4.79 Å². The Morgan fingerprint density at radius 2 is 1.94 bits per heavy atom. The molecule has 0 amide bonds. The third kappa shape index (κ3) is 3.95. The minimum atomic E-state index is 0.126. The van der Waals surface area contributed by atoms with E-state index in [0.717, 1.165) is 6.42 Å². The van der Waals surface area contributed by atoms with Gasteiger partial charge < -0.3 is 9.47 Å². The molecule has 0 fully saturated rings. The lowest BCUT2D eigenvalue weighted by Crippen LogP contribution is -2.06. The van der Waals surface area contributed by atoms with Crippen molar-refractivity contribution in [1.82, 2.24) is 0 Å². The fourth-order valence-corrected chi connectivity index (χ4v) is 2.27. The quantitative estimate of drug-likeness (QED) is 0.710. The third-order valence-electron chi connectivity index (χ3n) is 2.78. The monoisotopic (exact) mass is 268 g/mol. The van der Waals surface area contributed by atoms with Gasteiger partial charge in [0.1, 0.15) is 0 Å². The summed E-state index contributed by atoms with van der Waals surface area (Å²) in [4.78, 5) is 12.0. The highest BCUT2D eigenvalue weighted by Gasteiger charge is 2.12. The van der Waals surface area contributed by atoms with E-state index < -0.39 is 0 Å². The van der Waals surface area contributed by atoms with E-state index >= 15 is 0 Å². The molecule has 0 saturated carbocycles. The predicted molar refractivity (Wildman–Crippen MR) is 76.1 cm³/mol. The zero-order chi connectivity index (χ0) is 13.5. The van der Waals surface area contributed by atoms with E-state index in [-0.39, 0.29) is 5.78 Å². The van der Waals surface area contributed by atoms with Crippen LogP contribution in [0.4, 0.5) is 0 Å². The van der Waals surface area contributed by atoms with Crippen molar-refractivity contribution in [3.05, 3.63) is 23.8 Å². The minimum absolute atomic E-state index is 0.126. The zero-order valence-corrected chi connectivity index (χ0v) is 12.2. The first kappa shape index (κ1) is 14.9. The number of hydrogen-bond donors (Lipinski definition) is 0. The fourth-order valence-electron chi connectivity index (χ4n) is 1.43. The normalized spacial score (nSPS) is 12.0. The van der Waals surface area contributed by atoms with Crippen LogP contribution in [0.1, 0.15) is 30.6 Å². The van der Waals surface area contributed by atoms with Crippen molar-refractivity contribution < 1.29 is 14.3 Å². The van der Waals surface area contributed by atoms with Gasteiger partial charge in [-0.2, -0.15) is 11.8 Å². The highest BCUT2D eigenvalue weighted by Crippen LogP contribution is 2.28. The Kier molecular flexibility index (Phi) is 6.05. The maximum atomic E-state index is 12.0. The van der Waals surface area contributed by atoms with Gasteiger partial charge in [0, 0.05) is 10.8 Å². The number of ether oxygens (including phenoxy) is 2. The number of benzene rings is 1. The van der Waals surface area contributed by atoms with E-state index in [4.69, 9.17) is 9.47 Å². The minimum Gasteiger partial charge on any atom is -0.493 e. The fraction of sp³-hybridized carbons (Fsp3) is 0.500. The SMILES string of the molecule is CCC(C)SCC(=O)c1ccc(OC)c(OC)c1. The highest BCUT2D eigenvalue weighted by atomic mass is 32.2. The van der Waals surface area contributed by atoms with Gasteiger partial charge in [-0.3, -0.25) is 4.79 Å². The molecular formula is C14H20O3S. The van der Waals surface area contributed by atoms with Crippen LogP contribution in [0, 0.1) is 0 Å². The molecule has 3 nitrogen and oxygen atoms in total. The second-order valence-electron chi connectivity index (χ2n) is 4.02. The Hall–Kier alpha value is -1.16. The van der Waals surface area contributed by atoms with E-state index in [0.29, 0.717) is 28.1 Å². The van der Waals surface area contributed by atoms with Crippen LogP contribution in [-0.4, -0.2) is 31.0 Å². The van der Waals surface area contributed by atoms with Crippen LogP contribution in [-0.2, 0) is 0 Å². The molecule has 1 rings (SSSR count). The van der Waals surface area contributed by atoms with Gasteiger partial charge in [0.2, 0.25) is 0 Å². The van der Waals surface area contributed by atoms with Crippen LogP contribution in [0.5, 0.6) is 11.5 Å². The van der Waals surface area contributed by atoms with Gasteiger partial charge in [-0.15, -0.1) is 0 Å². The molecule has 0 aliphatic heterocycles. The van der Waals surface area contributed by atoms with Crippen molar-refractivity contribution >= 4 is 17.5 Å². The maximum absolute atomic E-state index is 12.0. The molecule has 0 N–H and O–H groups in total. The average Bonchev–Trinajstić information content (AvgIpc) is 2.43. The highest BCUT2D eigenvalue weighted by molar-refractivity contribution is 8.00. The summed E-state index contributed by atoms with van der Waals surface area (Å²) in [6.07, 6.45) is 1.07. The molecule has 0 aliphatic rings. The molecule has 0 heterocycles. The summed E-state index contributed by atoms with van der Waals surface area (Å²) in [6.45, 7) is 4.26. The molecule has 0 aliphatic carbocycles. The Morgan fingerprint density at radius 1 is 1.28 bits per heavy atom. The molecule has 0 radical (unpaired) electrons. The van der Waals surface area contributed by atoms with Gasteiger partial charge in [-0.1, -0.05) is 13.8 Å². The van der Waals surface area contributed by atoms with Crippen LogP contribution >= 0.6 is 11.8 Å². The number of ketones is 1. The maximum Gasteiger partial charge on any atom is 0.172 e. The van der Waals surface area contributed by atoms with Crippen molar-refractivity contribution in [1.29, 1.82) is 0 Å². The summed E-state index contributed by atoms with van der Waals surface area (Å²) in [5, 5.41) is 0.508. The van der Waals surface area contributed by atoms with Gasteiger partial charge in [0.25, 0.3) is 0 Å². The Labute approximate surface area is 113 Å². The first-order valence-electron chi connectivity index (χ1n) is 5.99. The predicted octanol–water partition coefficient (Wildman–Crippen LogP) is 3.42. The molecule has 1 aromatic rings. The summed E-state index contributed by atoms with van der Waals surface area (Å²) in [6, 6.07) is 5.28. The van der Waals surface area contributed by atoms with Crippen molar-refractivity contribution in [2.24, 2.45) is 0 Å². The van der Waals surface area contributed by atoms with E-state index in [1.807, 2.05) is 0 Å². The molecule has 0 bridgehead atoms. The van der Waals surface area contributed by atoms with Crippen LogP contribution in [0.2, 0.25) is 0 Å². The van der Waals surface area contributed by atoms with Crippen LogP contribution in [0.25, 0.3) is 0 Å². The van der Waals surface area contributed by atoms with Crippen molar-refractivity contribution in [2.75, 3.05) is 20.0 Å². The number of carbonyl (C=O) groups is 1. The first-order valence-corrected chi connectivity index (χ1v) is 7.04. The summed E-state index contributed by atoms with van der Waals surface area (Å²) < 4.78 is 10.3. The molecule has 0 aromatic heterocycles. The molecule has 4 heteroatoms. The smallest absolute Gasteiger partial charge is 0.172 e. The lowest BCUT2D eigenvalue weighted by atomic mass is 10.1. The summed E-state index contributed by atoms with van der Waals surface area (Å²) in [5.41, 5.74) is 0.670. The summed E-state index contributed by atoms with van der Waals surface area (Å²) in [7, 11) is 3.15. The molecule has 1 unspecified atom stereocenters. The van der Waals surface area contributed by atoms with Crippen molar-refractivity contribution in [2.45, 2.75) is 25.5 Å². The number of thioether (sulfide) groups is 1. The Balaban J connectivity index is 2.74. The Bertz CT molecular complexity index is 404. The van der Waals surface area contributed by atoms with Gasteiger partial charge >= 0.3 is 0 Å². The lowest BCUT2D eigenvalue weighted by molar-refractivity contribution is 0.102. The first-order chi connectivity index (χ1) is 8.62. The lowest BCUT2D eigenvalue weighted by Gasteiger charge is -2.10. The van der Waals surface area contributed by atoms with Crippen molar-refractivity contribution in [3.63, 3.8) is 0 Å². The van der Waals surface area contributed by atoms with Gasteiger partial charge in [-0.05, 0) is 24.6 Å². The number of hydrogen-bond acceptors (Lipinski definition) is 4. The van der Waals surface area contributed by atoms with Gasteiger partial charge in [0.15, 0.2) is 17.3 Å². The largest absolute Gasteiger partial charge is 0.493 e. The summed E-state index contributed by atoms with van der Waals surface area (Å²) >= 11 is 1.68. The summed E-state index contributed by atoms with van der Waals surface area (Å²) in [5.74, 6) is 1.87. The second-order valence-corrected chi connectivity index (χ2v) is 5.45. The molecule has 1 atom stereocenters. The van der Waals surface area contributed by atoms with Crippen LogP contribution in [0.3, 0.4) is 0 Å². The van der Waals surface area contributed by atoms with Gasteiger partial charge in [-0.25, -0.2) is 0 Å².